The van der Waals surface area contributed by atoms with Gasteiger partial charge in [0.2, 0.25) is 5.91 Å². The molecule has 0 spiro atoms. The largest absolute Gasteiger partial charge is 0.378 e. The van der Waals surface area contributed by atoms with Crippen molar-refractivity contribution in [2.75, 3.05) is 26.3 Å². The quantitative estimate of drug-likeness (QED) is 0.810. The predicted molar refractivity (Wildman–Crippen MR) is 80.0 cm³/mol. The number of carbonyl (C=O) groups is 1. The normalized spacial score (nSPS) is 20.0. The second-order valence-corrected chi connectivity index (χ2v) is 5.93. The summed E-state index contributed by atoms with van der Waals surface area (Å²) in [5.74, 6) is 0.473. The van der Waals surface area contributed by atoms with Crippen molar-refractivity contribution in [2.24, 2.45) is 0 Å². The predicted octanol–water partition coefficient (Wildman–Crippen LogP) is 1.61. The SMILES string of the molecule is CCCNC(=O)C1COCCN1Cc1nc(CCl)cs1. The average molecular weight is 318 g/mol. The lowest BCUT2D eigenvalue weighted by Crippen LogP contribution is -2.53. The van der Waals surface area contributed by atoms with Gasteiger partial charge in [-0.15, -0.1) is 22.9 Å². The maximum atomic E-state index is 12.1. The summed E-state index contributed by atoms with van der Waals surface area (Å²) in [5, 5.41) is 5.90. The molecule has 1 aromatic rings. The van der Waals surface area contributed by atoms with Gasteiger partial charge in [0.25, 0.3) is 0 Å². The van der Waals surface area contributed by atoms with Crippen LogP contribution in [0.3, 0.4) is 0 Å². The zero-order chi connectivity index (χ0) is 14.4. The van der Waals surface area contributed by atoms with E-state index in [-0.39, 0.29) is 11.9 Å². The number of aromatic nitrogens is 1. The number of halogens is 1. The Morgan fingerprint density at radius 1 is 1.70 bits per heavy atom. The number of morpholine rings is 1. The van der Waals surface area contributed by atoms with E-state index in [0.29, 0.717) is 32.2 Å². The van der Waals surface area contributed by atoms with Crippen molar-refractivity contribution in [3.63, 3.8) is 0 Å². The van der Waals surface area contributed by atoms with E-state index in [1.165, 1.54) is 0 Å². The molecule has 1 fully saturated rings. The molecule has 1 saturated heterocycles. The lowest BCUT2D eigenvalue weighted by molar-refractivity contribution is -0.132. The maximum Gasteiger partial charge on any atom is 0.239 e. The molecular formula is C13H20ClN3O2S. The maximum absolute atomic E-state index is 12.1. The molecule has 0 aliphatic carbocycles. The van der Waals surface area contributed by atoms with Gasteiger partial charge in [0.05, 0.1) is 31.3 Å². The minimum absolute atomic E-state index is 0.0423. The Labute approximate surface area is 128 Å². The molecule has 1 unspecified atom stereocenters. The van der Waals surface area contributed by atoms with Crippen LogP contribution in [0.5, 0.6) is 0 Å². The number of nitrogens with zero attached hydrogens (tertiary/aromatic N) is 2. The van der Waals surface area contributed by atoms with Crippen molar-refractivity contribution in [2.45, 2.75) is 31.8 Å². The fourth-order valence-electron chi connectivity index (χ4n) is 2.09. The first-order valence-electron chi connectivity index (χ1n) is 6.83. The topological polar surface area (TPSA) is 54.5 Å². The zero-order valence-corrected chi connectivity index (χ0v) is 13.2. The van der Waals surface area contributed by atoms with Gasteiger partial charge in [0.15, 0.2) is 0 Å². The summed E-state index contributed by atoms with van der Waals surface area (Å²) < 4.78 is 5.44. The molecule has 5 nitrogen and oxygen atoms in total. The molecule has 2 rings (SSSR count). The second-order valence-electron chi connectivity index (χ2n) is 4.72. The van der Waals surface area contributed by atoms with Crippen molar-refractivity contribution in [3.8, 4) is 0 Å². The first-order valence-corrected chi connectivity index (χ1v) is 8.24. The van der Waals surface area contributed by atoms with Crippen LogP contribution in [0, 0.1) is 0 Å². The number of thiazole rings is 1. The summed E-state index contributed by atoms with van der Waals surface area (Å²) in [6.07, 6.45) is 0.935. The van der Waals surface area contributed by atoms with Crippen molar-refractivity contribution >= 4 is 28.8 Å². The molecule has 20 heavy (non-hydrogen) atoms. The fraction of sp³-hybridized carbons (Fsp3) is 0.692. The van der Waals surface area contributed by atoms with Gasteiger partial charge in [0.1, 0.15) is 11.0 Å². The van der Waals surface area contributed by atoms with E-state index >= 15 is 0 Å². The summed E-state index contributed by atoms with van der Waals surface area (Å²) >= 11 is 7.36. The molecule has 0 radical (unpaired) electrons. The van der Waals surface area contributed by atoms with Gasteiger partial charge < -0.3 is 10.1 Å². The Morgan fingerprint density at radius 3 is 3.25 bits per heavy atom. The molecular weight excluding hydrogens is 298 g/mol. The third-order valence-corrected chi connectivity index (χ3v) is 4.32. The van der Waals surface area contributed by atoms with Crippen LogP contribution < -0.4 is 5.32 Å². The molecule has 0 bridgehead atoms. The first kappa shape index (κ1) is 15.7. The van der Waals surface area contributed by atoms with Crippen LogP contribution in [0.25, 0.3) is 0 Å². The van der Waals surface area contributed by atoms with Gasteiger partial charge in [0, 0.05) is 18.5 Å². The van der Waals surface area contributed by atoms with Gasteiger partial charge in [-0.3, -0.25) is 9.69 Å². The zero-order valence-electron chi connectivity index (χ0n) is 11.6. The van der Waals surface area contributed by atoms with E-state index in [4.69, 9.17) is 16.3 Å². The van der Waals surface area contributed by atoms with E-state index in [2.05, 4.69) is 15.2 Å². The third kappa shape index (κ3) is 4.15. The van der Waals surface area contributed by atoms with Crippen LogP contribution in [0.1, 0.15) is 24.0 Å². The summed E-state index contributed by atoms with van der Waals surface area (Å²) in [6.45, 7) is 5.28. The van der Waals surface area contributed by atoms with Crippen LogP contribution in [0.2, 0.25) is 0 Å². The molecule has 1 amide bonds. The number of amides is 1. The summed E-state index contributed by atoms with van der Waals surface area (Å²) in [4.78, 5) is 18.7. The lowest BCUT2D eigenvalue weighted by atomic mass is 10.2. The Hall–Kier alpha value is -0.690. The fourth-order valence-corrected chi connectivity index (χ4v) is 3.14. The van der Waals surface area contributed by atoms with Gasteiger partial charge in [-0.1, -0.05) is 6.92 Å². The molecule has 1 N–H and O–H groups in total. The minimum Gasteiger partial charge on any atom is -0.378 e. The standard InChI is InChI=1S/C13H20ClN3O2S/c1-2-3-15-13(18)11-8-19-5-4-17(11)7-12-16-10(6-14)9-20-12/h9,11H,2-8H2,1H3,(H,15,18). The van der Waals surface area contributed by atoms with Crippen LogP contribution in [0.4, 0.5) is 0 Å². The molecule has 112 valence electrons. The number of hydrogen-bond acceptors (Lipinski definition) is 5. The molecule has 1 aliphatic rings. The van der Waals surface area contributed by atoms with Gasteiger partial charge >= 0.3 is 0 Å². The van der Waals surface area contributed by atoms with Crippen LogP contribution in [-0.4, -0.2) is 48.1 Å². The highest BCUT2D eigenvalue weighted by Gasteiger charge is 2.29. The molecule has 7 heteroatoms. The van der Waals surface area contributed by atoms with E-state index in [0.717, 1.165) is 23.7 Å². The van der Waals surface area contributed by atoms with Gasteiger partial charge in [-0.05, 0) is 6.42 Å². The summed E-state index contributed by atoms with van der Waals surface area (Å²) in [5.41, 5.74) is 0.895. The van der Waals surface area contributed by atoms with Crippen molar-refractivity contribution < 1.29 is 9.53 Å². The number of alkyl halides is 1. The van der Waals surface area contributed by atoms with Crippen LogP contribution >= 0.6 is 22.9 Å². The number of hydrogen-bond donors (Lipinski definition) is 1. The van der Waals surface area contributed by atoms with E-state index < -0.39 is 0 Å². The third-order valence-electron chi connectivity index (χ3n) is 3.17. The second kappa shape index (κ2) is 7.93. The first-order chi connectivity index (χ1) is 9.74. The van der Waals surface area contributed by atoms with Crippen molar-refractivity contribution in [1.82, 2.24) is 15.2 Å². The average Bonchev–Trinajstić information content (AvgIpc) is 2.93. The summed E-state index contributed by atoms with van der Waals surface area (Å²) in [7, 11) is 0. The smallest absolute Gasteiger partial charge is 0.239 e. The number of carbonyl (C=O) groups excluding carboxylic acids is 1. The molecule has 0 aromatic carbocycles. The highest BCUT2D eigenvalue weighted by Crippen LogP contribution is 2.17. The number of nitrogens with one attached hydrogen (secondary N) is 1. The molecule has 1 aliphatic heterocycles. The van der Waals surface area contributed by atoms with E-state index in [1.54, 1.807) is 11.3 Å². The van der Waals surface area contributed by atoms with Crippen LogP contribution in [0.15, 0.2) is 5.38 Å². The highest BCUT2D eigenvalue weighted by atomic mass is 35.5. The van der Waals surface area contributed by atoms with Crippen molar-refractivity contribution in [3.05, 3.63) is 16.1 Å². The number of ether oxygens (including phenoxy) is 1. The highest BCUT2D eigenvalue weighted by molar-refractivity contribution is 7.09. The molecule has 1 atom stereocenters. The Bertz CT molecular complexity index is 441. The molecule has 2 heterocycles. The monoisotopic (exact) mass is 317 g/mol. The van der Waals surface area contributed by atoms with Gasteiger partial charge in [-0.25, -0.2) is 4.98 Å². The minimum atomic E-state index is -0.223. The van der Waals surface area contributed by atoms with Crippen LogP contribution in [-0.2, 0) is 22.0 Å². The Balaban J connectivity index is 1.97. The molecule has 0 saturated carbocycles. The van der Waals surface area contributed by atoms with Gasteiger partial charge in [-0.2, -0.15) is 0 Å². The Morgan fingerprint density at radius 2 is 2.55 bits per heavy atom. The van der Waals surface area contributed by atoms with E-state index in [9.17, 15) is 4.79 Å². The Kier molecular flexibility index (Phi) is 6.22. The number of rotatable bonds is 6. The summed E-state index contributed by atoms with van der Waals surface area (Å²) in [6, 6.07) is -0.223. The van der Waals surface area contributed by atoms with Crippen molar-refractivity contribution in [1.29, 1.82) is 0 Å². The lowest BCUT2D eigenvalue weighted by Gasteiger charge is -2.33. The molecule has 1 aromatic heterocycles. The van der Waals surface area contributed by atoms with E-state index in [1.807, 2.05) is 12.3 Å².